The summed E-state index contributed by atoms with van der Waals surface area (Å²) in [7, 11) is 0. The Bertz CT molecular complexity index is 1460. The summed E-state index contributed by atoms with van der Waals surface area (Å²) in [4.78, 5) is 43.6. The molecule has 3 aliphatic rings. The third-order valence-corrected chi connectivity index (χ3v) is 8.21. The highest BCUT2D eigenvalue weighted by Crippen LogP contribution is 2.58. The molecule has 1 atom stereocenters. The van der Waals surface area contributed by atoms with Crippen LogP contribution in [0.25, 0.3) is 0 Å². The second kappa shape index (κ2) is 8.74. The standard InChI is InChI=1S/C28H27BrClN3O4/c1-5-37-25(35)23-24(31)33(19-8-6-7-17(30)14(19)2)20-12-27(3,4)13-21(34)22(20)28(23)16-11-15(29)9-10-18(16)32-26(28)36/h6-11H,5,12-13,31H2,1-4H3,(H,32,36). The van der Waals surface area contributed by atoms with Gasteiger partial charge >= 0.3 is 5.97 Å². The minimum absolute atomic E-state index is 0.0380. The summed E-state index contributed by atoms with van der Waals surface area (Å²) in [5.74, 6) is -1.43. The molecule has 0 bridgehead atoms. The average Bonchev–Trinajstić information content (AvgIpc) is 3.07. The minimum Gasteiger partial charge on any atom is -0.462 e. The number of nitrogens with zero attached hydrogens (tertiary/aromatic N) is 1. The average molecular weight is 585 g/mol. The van der Waals surface area contributed by atoms with E-state index in [1.165, 1.54) is 0 Å². The Hall–Kier alpha value is -3.10. The van der Waals surface area contributed by atoms with Gasteiger partial charge in [0.25, 0.3) is 0 Å². The number of benzene rings is 2. The number of hydrogen-bond acceptors (Lipinski definition) is 6. The predicted molar refractivity (Wildman–Crippen MR) is 146 cm³/mol. The highest BCUT2D eigenvalue weighted by Gasteiger charge is 2.63. The molecule has 2 aliphatic heterocycles. The van der Waals surface area contributed by atoms with Gasteiger partial charge in [-0.2, -0.15) is 0 Å². The molecule has 1 unspecified atom stereocenters. The van der Waals surface area contributed by atoms with Gasteiger partial charge in [-0.1, -0.05) is 47.4 Å². The molecule has 0 radical (unpaired) electrons. The van der Waals surface area contributed by atoms with E-state index < -0.39 is 22.7 Å². The van der Waals surface area contributed by atoms with Crippen LogP contribution in [0.3, 0.4) is 0 Å². The van der Waals surface area contributed by atoms with Crippen molar-refractivity contribution in [2.75, 3.05) is 16.8 Å². The van der Waals surface area contributed by atoms with Crippen molar-refractivity contribution >= 4 is 56.6 Å². The summed E-state index contributed by atoms with van der Waals surface area (Å²) < 4.78 is 6.17. The topological polar surface area (TPSA) is 102 Å². The van der Waals surface area contributed by atoms with E-state index in [1.807, 2.05) is 26.8 Å². The molecule has 2 heterocycles. The minimum atomic E-state index is -1.75. The van der Waals surface area contributed by atoms with E-state index in [9.17, 15) is 14.4 Å². The van der Waals surface area contributed by atoms with Crippen LogP contribution in [0.4, 0.5) is 11.4 Å². The van der Waals surface area contributed by atoms with Gasteiger partial charge in [0.1, 0.15) is 16.8 Å². The number of hydrogen-bond donors (Lipinski definition) is 2. The smallest absolute Gasteiger partial charge is 0.339 e. The summed E-state index contributed by atoms with van der Waals surface area (Å²) in [5.41, 5.74) is 7.85. The Balaban J connectivity index is 1.95. The van der Waals surface area contributed by atoms with E-state index in [4.69, 9.17) is 22.1 Å². The van der Waals surface area contributed by atoms with Gasteiger partial charge in [-0.05, 0) is 61.6 Å². The van der Waals surface area contributed by atoms with Gasteiger partial charge in [0.05, 0.1) is 12.3 Å². The number of fused-ring (bicyclic) bond motifs is 3. The number of halogens is 2. The lowest BCUT2D eigenvalue weighted by molar-refractivity contribution is -0.140. The number of nitrogens with one attached hydrogen (secondary N) is 1. The predicted octanol–water partition coefficient (Wildman–Crippen LogP) is 5.50. The van der Waals surface area contributed by atoms with Crippen LogP contribution >= 0.6 is 27.5 Å². The van der Waals surface area contributed by atoms with E-state index in [0.29, 0.717) is 38.6 Å². The third-order valence-electron chi connectivity index (χ3n) is 7.30. The van der Waals surface area contributed by atoms with E-state index in [1.54, 1.807) is 42.2 Å². The van der Waals surface area contributed by atoms with Crippen molar-refractivity contribution in [1.29, 1.82) is 0 Å². The fourth-order valence-electron chi connectivity index (χ4n) is 5.82. The molecule has 2 aromatic rings. The Labute approximate surface area is 228 Å². The first kappa shape index (κ1) is 25.5. The van der Waals surface area contributed by atoms with Crippen molar-refractivity contribution in [2.45, 2.75) is 46.0 Å². The zero-order valence-corrected chi connectivity index (χ0v) is 23.3. The molecule has 3 N–H and O–H groups in total. The molecule has 0 saturated carbocycles. The van der Waals surface area contributed by atoms with Gasteiger partial charge in [-0.25, -0.2) is 4.79 Å². The van der Waals surface area contributed by atoms with E-state index in [-0.39, 0.29) is 35.8 Å². The Kier molecular flexibility index (Phi) is 6.03. The van der Waals surface area contributed by atoms with Crippen molar-refractivity contribution in [1.82, 2.24) is 0 Å². The largest absolute Gasteiger partial charge is 0.462 e. The van der Waals surface area contributed by atoms with Crippen LogP contribution < -0.4 is 16.0 Å². The van der Waals surface area contributed by atoms with Crippen LogP contribution in [0.15, 0.2) is 63.5 Å². The lowest BCUT2D eigenvalue weighted by Crippen LogP contribution is -2.54. The van der Waals surface area contributed by atoms with Gasteiger partial charge in [-0.15, -0.1) is 0 Å². The first-order valence-electron chi connectivity index (χ1n) is 12.0. The summed E-state index contributed by atoms with van der Waals surface area (Å²) >= 11 is 9.99. The lowest BCUT2D eigenvalue weighted by atomic mass is 9.60. The van der Waals surface area contributed by atoms with Crippen molar-refractivity contribution < 1.29 is 19.1 Å². The molecular weight excluding hydrogens is 558 g/mol. The number of esters is 1. The number of amides is 1. The molecule has 37 heavy (non-hydrogen) atoms. The SMILES string of the molecule is CCOC(=O)C1=C(N)N(c2cccc(Cl)c2C)C2=C(C(=O)CC(C)(C)C2)C12C(=O)Nc1ccc(Br)cc12. The number of carbonyl (C=O) groups is 3. The Morgan fingerprint density at radius 1 is 1.22 bits per heavy atom. The second-order valence-corrected chi connectivity index (χ2v) is 11.7. The van der Waals surface area contributed by atoms with Gasteiger partial charge < -0.3 is 15.8 Å². The van der Waals surface area contributed by atoms with Crippen LogP contribution in [0, 0.1) is 12.3 Å². The molecule has 1 aliphatic carbocycles. The van der Waals surface area contributed by atoms with Crippen molar-refractivity contribution in [3.63, 3.8) is 0 Å². The number of ketones is 1. The Morgan fingerprint density at radius 2 is 1.95 bits per heavy atom. The zero-order chi connectivity index (χ0) is 26.9. The second-order valence-electron chi connectivity index (χ2n) is 10.4. The van der Waals surface area contributed by atoms with Crippen molar-refractivity contribution in [3.8, 4) is 0 Å². The molecule has 192 valence electrons. The molecule has 9 heteroatoms. The maximum atomic E-state index is 14.1. The maximum absolute atomic E-state index is 14.1. The van der Waals surface area contributed by atoms with Crippen LogP contribution in [-0.4, -0.2) is 24.3 Å². The fraction of sp³-hybridized carbons (Fsp3) is 0.321. The number of anilines is 2. The van der Waals surface area contributed by atoms with Crippen LogP contribution in [0.5, 0.6) is 0 Å². The number of nitrogens with two attached hydrogens (primary N) is 1. The first-order chi connectivity index (χ1) is 17.4. The van der Waals surface area contributed by atoms with E-state index in [2.05, 4.69) is 21.2 Å². The van der Waals surface area contributed by atoms with Crippen molar-refractivity contribution in [2.24, 2.45) is 11.1 Å². The fourth-order valence-corrected chi connectivity index (χ4v) is 6.35. The molecule has 2 aromatic carbocycles. The number of allylic oxidation sites excluding steroid dienone is 1. The van der Waals surface area contributed by atoms with Gasteiger partial charge in [0.2, 0.25) is 5.91 Å². The highest BCUT2D eigenvalue weighted by atomic mass is 79.9. The van der Waals surface area contributed by atoms with Gasteiger partial charge in [0.15, 0.2) is 5.78 Å². The molecular formula is C28H27BrClN3O4. The molecule has 1 spiro atoms. The van der Waals surface area contributed by atoms with Crippen LogP contribution in [0.1, 0.15) is 44.7 Å². The van der Waals surface area contributed by atoms with Crippen molar-refractivity contribution in [3.05, 3.63) is 79.7 Å². The number of Topliss-reactive ketones (excluding diaryl/α,β-unsaturated/α-hetero) is 1. The molecule has 1 amide bonds. The summed E-state index contributed by atoms with van der Waals surface area (Å²) in [6, 6.07) is 10.7. The summed E-state index contributed by atoms with van der Waals surface area (Å²) in [5, 5.41) is 3.41. The molecule has 0 aromatic heterocycles. The third kappa shape index (κ3) is 3.64. The molecule has 0 fully saturated rings. The number of rotatable bonds is 3. The number of carbonyl (C=O) groups excluding carboxylic acids is 3. The highest BCUT2D eigenvalue weighted by molar-refractivity contribution is 9.10. The first-order valence-corrected chi connectivity index (χ1v) is 13.2. The quantitative estimate of drug-likeness (QED) is 0.462. The lowest BCUT2D eigenvalue weighted by Gasteiger charge is -2.47. The van der Waals surface area contributed by atoms with Crippen LogP contribution in [0.2, 0.25) is 5.02 Å². The molecule has 7 nitrogen and oxygen atoms in total. The monoisotopic (exact) mass is 583 g/mol. The molecule has 0 saturated heterocycles. The summed E-state index contributed by atoms with van der Waals surface area (Å²) in [6.45, 7) is 7.61. The Morgan fingerprint density at radius 3 is 2.65 bits per heavy atom. The van der Waals surface area contributed by atoms with Gasteiger partial charge in [-0.3, -0.25) is 14.5 Å². The normalized spacial score (nSPS) is 22.3. The molecule has 5 rings (SSSR count). The zero-order valence-electron chi connectivity index (χ0n) is 21.0. The van der Waals surface area contributed by atoms with E-state index in [0.717, 1.165) is 5.56 Å². The number of ether oxygens (including phenoxy) is 1. The van der Waals surface area contributed by atoms with Gasteiger partial charge in [0, 0.05) is 38.4 Å². The summed E-state index contributed by atoms with van der Waals surface area (Å²) in [6.07, 6.45) is 0.664. The van der Waals surface area contributed by atoms with Crippen LogP contribution in [-0.2, 0) is 24.5 Å². The van der Waals surface area contributed by atoms with E-state index >= 15 is 0 Å². The maximum Gasteiger partial charge on any atom is 0.339 e.